The summed E-state index contributed by atoms with van der Waals surface area (Å²) in [6, 6.07) is 0.442. The summed E-state index contributed by atoms with van der Waals surface area (Å²) in [7, 11) is 1.98. The van der Waals surface area contributed by atoms with Crippen LogP contribution in [-0.2, 0) is 0 Å². The lowest BCUT2D eigenvalue weighted by Gasteiger charge is -2.21. The van der Waals surface area contributed by atoms with Crippen LogP contribution in [0.25, 0.3) is 0 Å². The normalized spacial score (nSPS) is 12.8. The van der Waals surface area contributed by atoms with Gasteiger partial charge in [0, 0.05) is 6.04 Å². The van der Waals surface area contributed by atoms with Gasteiger partial charge in [0.2, 0.25) is 0 Å². The second-order valence-corrected chi connectivity index (χ2v) is 3.07. The van der Waals surface area contributed by atoms with Gasteiger partial charge in [-0.15, -0.1) is 5.73 Å². The van der Waals surface area contributed by atoms with Gasteiger partial charge in [-0.25, -0.2) is 0 Å². The summed E-state index contributed by atoms with van der Waals surface area (Å²) in [6.07, 6.45) is 1.03. The number of hydrogen-bond donors (Lipinski definition) is 1. The Bertz CT molecular complexity index is 152. The van der Waals surface area contributed by atoms with Crippen LogP contribution in [0.3, 0.4) is 0 Å². The molecule has 0 radical (unpaired) electrons. The van der Waals surface area contributed by atoms with Crippen molar-refractivity contribution in [1.82, 2.24) is 5.32 Å². The number of hydrogen-bond acceptors (Lipinski definition) is 1. The lowest BCUT2D eigenvalue weighted by atomic mass is 9.95. The molecule has 0 amide bonds. The fourth-order valence-corrected chi connectivity index (χ4v) is 1.36. The second kappa shape index (κ2) is 5.17. The van der Waals surface area contributed by atoms with Gasteiger partial charge in [-0.1, -0.05) is 27.4 Å². The number of nitrogens with one attached hydrogen (secondary N) is 1. The molecule has 0 aromatic heterocycles. The van der Waals surface area contributed by atoms with E-state index in [-0.39, 0.29) is 0 Å². The number of likely N-dealkylation sites (N-methyl/N-ethyl adjacent to an activating group) is 1. The lowest BCUT2D eigenvalue weighted by molar-refractivity contribution is 0.471. The van der Waals surface area contributed by atoms with Gasteiger partial charge < -0.3 is 5.32 Å². The SMILES string of the molecule is C=C=C(CC)C(NC)C(C)C. The van der Waals surface area contributed by atoms with E-state index < -0.39 is 0 Å². The third-order valence-corrected chi connectivity index (χ3v) is 1.96. The van der Waals surface area contributed by atoms with Gasteiger partial charge in [0.1, 0.15) is 0 Å². The average molecular weight is 153 g/mol. The van der Waals surface area contributed by atoms with Crippen LogP contribution in [0.2, 0.25) is 0 Å². The van der Waals surface area contributed by atoms with E-state index in [0.717, 1.165) is 6.42 Å². The van der Waals surface area contributed by atoms with Crippen LogP contribution in [0, 0.1) is 5.92 Å². The monoisotopic (exact) mass is 153 g/mol. The summed E-state index contributed by atoms with van der Waals surface area (Å²) in [4.78, 5) is 0. The maximum Gasteiger partial charge on any atom is 0.0375 e. The molecule has 0 aliphatic heterocycles. The van der Waals surface area contributed by atoms with Gasteiger partial charge in [-0.05, 0) is 25.0 Å². The summed E-state index contributed by atoms with van der Waals surface area (Å²) in [5.74, 6) is 0.615. The lowest BCUT2D eigenvalue weighted by Crippen LogP contribution is -2.32. The second-order valence-electron chi connectivity index (χ2n) is 3.07. The molecule has 64 valence electrons. The highest BCUT2D eigenvalue weighted by atomic mass is 14.9. The highest BCUT2D eigenvalue weighted by molar-refractivity contribution is 5.08. The van der Waals surface area contributed by atoms with E-state index in [0.29, 0.717) is 12.0 Å². The van der Waals surface area contributed by atoms with E-state index in [1.165, 1.54) is 5.57 Å². The summed E-state index contributed by atoms with van der Waals surface area (Å²) >= 11 is 0. The first-order chi connectivity index (χ1) is 5.17. The van der Waals surface area contributed by atoms with Gasteiger partial charge in [0.25, 0.3) is 0 Å². The molecule has 0 aliphatic carbocycles. The molecule has 0 saturated carbocycles. The zero-order valence-electron chi connectivity index (χ0n) is 8.07. The van der Waals surface area contributed by atoms with Crippen molar-refractivity contribution in [1.29, 1.82) is 0 Å². The van der Waals surface area contributed by atoms with Crippen LogP contribution in [-0.4, -0.2) is 13.1 Å². The topological polar surface area (TPSA) is 12.0 Å². The molecule has 0 aromatic rings. The predicted octanol–water partition coefficient (Wildman–Crippen LogP) is 2.35. The Morgan fingerprint density at radius 1 is 1.55 bits per heavy atom. The van der Waals surface area contributed by atoms with Crippen molar-refractivity contribution in [2.75, 3.05) is 7.05 Å². The van der Waals surface area contributed by atoms with Crippen LogP contribution in [0.1, 0.15) is 27.2 Å². The molecule has 1 unspecified atom stereocenters. The molecule has 0 bridgehead atoms. The van der Waals surface area contributed by atoms with E-state index in [2.05, 4.69) is 38.4 Å². The third-order valence-electron chi connectivity index (χ3n) is 1.96. The fourth-order valence-electron chi connectivity index (χ4n) is 1.36. The minimum Gasteiger partial charge on any atom is -0.313 e. The zero-order valence-corrected chi connectivity index (χ0v) is 8.07. The van der Waals surface area contributed by atoms with Gasteiger partial charge in [-0.3, -0.25) is 0 Å². The first-order valence-corrected chi connectivity index (χ1v) is 4.23. The summed E-state index contributed by atoms with van der Waals surface area (Å²) in [6.45, 7) is 10.2. The van der Waals surface area contributed by atoms with E-state index >= 15 is 0 Å². The predicted molar refractivity (Wildman–Crippen MR) is 50.6 cm³/mol. The summed E-state index contributed by atoms with van der Waals surface area (Å²) in [5, 5.41) is 3.26. The van der Waals surface area contributed by atoms with E-state index in [4.69, 9.17) is 0 Å². The number of rotatable bonds is 4. The molecule has 0 aromatic carbocycles. The van der Waals surface area contributed by atoms with Crippen LogP contribution < -0.4 is 5.32 Å². The van der Waals surface area contributed by atoms with Crippen molar-refractivity contribution in [2.24, 2.45) is 5.92 Å². The van der Waals surface area contributed by atoms with Crippen molar-refractivity contribution in [3.63, 3.8) is 0 Å². The van der Waals surface area contributed by atoms with Crippen molar-refractivity contribution in [3.05, 3.63) is 17.9 Å². The Kier molecular flexibility index (Phi) is 4.93. The van der Waals surface area contributed by atoms with Crippen molar-refractivity contribution in [2.45, 2.75) is 33.2 Å². The average Bonchev–Trinajstić information content (AvgIpc) is 1.99. The highest BCUT2D eigenvalue weighted by Crippen LogP contribution is 2.13. The Labute approximate surface area is 70.2 Å². The molecule has 1 atom stereocenters. The van der Waals surface area contributed by atoms with Crippen LogP contribution in [0.4, 0.5) is 0 Å². The molecule has 11 heavy (non-hydrogen) atoms. The molecule has 1 heteroatoms. The zero-order chi connectivity index (χ0) is 8.85. The summed E-state index contributed by atoms with van der Waals surface area (Å²) in [5.41, 5.74) is 4.27. The molecule has 0 heterocycles. The smallest absolute Gasteiger partial charge is 0.0375 e. The van der Waals surface area contributed by atoms with Gasteiger partial charge >= 0.3 is 0 Å². The van der Waals surface area contributed by atoms with Crippen molar-refractivity contribution < 1.29 is 0 Å². The van der Waals surface area contributed by atoms with Crippen LogP contribution in [0.15, 0.2) is 17.9 Å². The molecular weight excluding hydrogens is 134 g/mol. The molecule has 0 rings (SSSR count). The molecule has 1 nitrogen and oxygen atoms in total. The summed E-state index contributed by atoms with van der Waals surface area (Å²) < 4.78 is 0. The first-order valence-electron chi connectivity index (χ1n) is 4.23. The van der Waals surface area contributed by atoms with Gasteiger partial charge in [-0.2, -0.15) is 0 Å². The van der Waals surface area contributed by atoms with Crippen molar-refractivity contribution in [3.8, 4) is 0 Å². The minimum atomic E-state index is 0.442. The van der Waals surface area contributed by atoms with Gasteiger partial charge in [0.15, 0.2) is 0 Å². The van der Waals surface area contributed by atoms with E-state index in [1.54, 1.807) is 0 Å². The quantitative estimate of drug-likeness (QED) is 0.611. The highest BCUT2D eigenvalue weighted by Gasteiger charge is 2.13. The molecule has 0 aliphatic rings. The maximum absolute atomic E-state index is 3.68. The molecule has 1 N–H and O–H groups in total. The Hall–Kier alpha value is -0.520. The Morgan fingerprint density at radius 2 is 2.09 bits per heavy atom. The maximum atomic E-state index is 3.68. The van der Waals surface area contributed by atoms with E-state index in [1.807, 2.05) is 7.05 Å². The van der Waals surface area contributed by atoms with Gasteiger partial charge in [0.05, 0.1) is 0 Å². The van der Waals surface area contributed by atoms with Crippen LogP contribution >= 0.6 is 0 Å². The van der Waals surface area contributed by atoms with Crippen molar-refractivity contribution >= 4 is 0 Å². The van der Waals surface area contributed by atoms with E-state index in [9.17, 15) is 0 Å². The Morgan fingerprint density at radius 3 is 2.18 bits per heavy atom. The third kappa shape index (κ3) is 2.92. The molecule has 0 saturated heterocycles. The Balaban J connectivity index is 4.35. The molecular formula is C10H19N. The van der Waals surface area contributed by atoms with Crippen LogP contribution in [0.5, 0.6) is 0 Å². The first kappa shape index (κ1) is 10.5. The minimum absolute atomic E-state index is 0.442. The molecule has 0 spiro atoms. The standard InChI is InChI=1S/C10H19N/c1-6-9(7-2)10(11-5)8(3)4/h8,10-11H,1,7H2,2-5H3. The molecule has 0 fully saturated rings. The fraction of sp³-hybridized carbons (Fsp3) is 0.700. The largest absolute Gasteiger partial charge is 0.313 e.